The van der Waals surface area contributed by atoms with E-state index < -0.39 is 215 Å². The SMILES string of the molecule is CC[C@@]12CCC([C@H](C)CC[C@@H](O[C@@H]3O[C@H](CC[C@@H]4O[C@H](CO)[C@@H](O)[C@H](O)[C@H]4O)[C@@H](O)[C@H](O)[C@H]3O)C(C)(C)O)[C@@]1(C)C[C@@H](O)[C@@]1(C)C3CC[C@H](O[C@@H]4O[C@H](CO[C@@H]5O[C@H](CO)[C@@H](O)[C@H](O[C@@H]6O[C@H](CO)[C@@H](O)[C@H](O)[C@H]6O)[C@H]5O)[C@@H](O)[C@H](O)[C@H]4O)C(C)(C)C3=CCC12. The lowest BCUT2D eigenvalue weighted by molar-refractivity contribution is -0.366. The molecule has 5 heterocycles. The molecule has 9 aliphatic rings. The molecule has 4 aliphatic carbocycles. The van der Waals surface area contributed by atoms with Crippen molar-refractivity contribution < 1.29 is 140 Å². The average Bonchev–Trinajstić information content (AvgIpc) is 1.29. The molecule has 0 amide bonds. The number of hydrogen-bond donors (Lipinski definition) is 19. The lowest BCUT2D eigenvalue weighted by Gasteiger charge is -2.68. The van der Waals surface area contributed by atoms with Crippen molar-refractivity contribution >= 4 is 0 Å². The number of aliphatic hydroxyl groups excluding tert-OH is 18. The zero-order valence-corrected chi connectivity index (χ0v) is 52.8. The van der Waals surface area contributed by atoms with Crippen LogP contribution in [-0.4, -0.2) is 301 Å². The van der Waals surface area contributed by atoms with Crippen molar-refractivity contribution in [1.82, 2.24) is 0 Å². The molecule has 0 aromatic heterocycles. The van der Waals surface area contributed by atoms with E-state index in [0.29, 0.717) is 38.5 Å². The summed E-state index contributed by atoms with van der Waals surface area (Å²) >= 11 is 0. The predicted octanol–water partition coefficient (Wildman–Crippen LogP) is -4.21. The molecule has 3 unspecified atom stereocenters. The topological polar surface area (TPSA) is 467 Å². The maximum absolute atomic E-state index is 12.9. The first-order chi connectivity index (χ1) is 42.2. The minimum atomic E-state index is -1.90. The van der Waals surface area contributed by atoms with Crippen LogP contribution in [0, 0.1) is 45.3 Å². The van der Waals surface area contributed by atoms with Crippen molar-refractivity contribution in [1.29, 1.82) is 0 Å². The minimum Gasteiger partial charge on any atom is -0.394 e. The summed E-state index contributed by atoms with van der Waals surface area (Å²) in [6, 6.07) is 0. The van der Waals surface area contributed by atoms with Gasteiger partial charge in [0.2, 0.25) is 0 Å². The summed E-state index contributed by atoms with van der Waals surface area (Å²) in [5.74, 6) is 0.224. The summed E-state index contributed by atoms with van der Waals surface area (Å²) < 4.78 is 53.5. The van der Waals surface area contributed by atoms with Gasteiger partial charge in [-0.1, -0.05) is 53.2 Å². The fourth-order valence-electron chi connectivity index (χ4n) is 18.0. The average molecular weight is 1300 g/mol. The number of allylic oxidation sites excluding steroid dienone is 1. The van der Waals surface area contributed by atoms with Gasteiger partial charge in [-0.15, -0.1) is 0 Å². The monoisotopic (exact) mass is 1300 g/mol. The lowest BCUT2D eigenvalue weighted by Crippen LogP contribution is -2.66. The number of ether oxygens (including phenoxy) is 9. The molecule has 522 valence electrons. The Morgan fingerprint density at radius 2 is 1.04 bits per heavy atom. The van der Waals surface area contributed by atoms with Gasteiger partial charge in [0.25, 0.3) is 0 Å². The summed E-state index contributed by atoms with van der Waals surface area (Å²) in [4.78, 5) is 0. The smallest absolute Gasteiger partial charge is 0.187 e. The molecular weight excluding hydrogens is 1190 g/mol. The van der Waals surface area contributed by atoms with E-state index in [0.717, 1.165) is 24.8 Å². The van der Waals surface area contributed by atoms with Crippen LogP contribution in [0.5, 0.6) is 0 Å². The Morgan fingerprint density at radius 3 is 1.62 bits per heavy atom. The van der Waals surface area contributed by atoms with E-state index in [-0.39, 0.29) is 47.3 Å². The number of aliphatic hydroxyl groups is 19. The van der Waals surface area contributed by atoms with E-state index in [9.17, 15) is 97.0 Å². The second-order valence-corrected chi connectivity index (χ2v) is 29.2. The van der Waals surface area contributed by atoms with Crippen molar-refractivity contribution in [3.05, 3.63) is 11.6 Å². The van der Waals surface area contributed by atoms with Crippen LogP contribution >= 0.6 is 0 Å². The van der Waals surface area contributed by atoms with E-state index in [1.54, 1.807) is 13.8 Å². The van der Waals surface area contributed by atoms with Gasteiger partial charge in [0, 0.05) is 10.8 Å². The van der Waals surface area contributed by atoms with Crippen LogP contribution in [0.1, 0.15) is 126 Å². The molecule has 5 saturated heterocycles. The number of rotatable bonds is 21. The molecular formula is C62H106O28. The van der Waals surface area contributed by atoms with Crippen LogP contribution < -0.4 is 0 Å². The van der Waals surface area contributed by atoms with Gasteiger partial charge in [0.05, 0.1) is 62.5 Å². The molecule has 28 nitrogen and oxygen atoms in total. The Balaban J connectivity index is 0.840. The second-order valence-electron chi connectivity index (χ2n) is 29.2. The van der Waals surface area contributed by atoms with Gasteiger partial charge in [0.15, 0.2) is 25.2 Å². The van der Waals surface area contributed by atoms with E-state index >= 15 is 0 Å². The summed E-state index contributed by atoms with van der Waals surface area (Å²) in [5, 5.41) is 206. The zero-order valence-electron chi connectivity index (χ0n) is 52.8. The first-order valence-electron chi connectivity index (χ1n) is 32.5. The molecule has 0 aromatic rings. The molecule has 8 fully saturated rings. The van der Waals surface area contributed by atoms with Crippen molar-refractivity contribution in [3.8, 4) is 0 Å². The molecule has 5 aliphatic heterocycles. The molecule has 9 rings (SSSR count). The highest BCUT2D eigenvalue weighted by Crippen LogP contribution is 2.76. The summed E-state index contributed by atoms with van der Waals surface area (Å²) in [6.07, 6.45) is -34.1. The first-order valence-corrected chi connectivity index (χ1v) is 32.5. The standard InChI is InChI=1S/C62H106O28/c1-9-62-19-18-26(25(2)10-16-38(59(5,6)81)89-55-49(77)46(74)40(68)30(84-55)14-13-29-39(67)45(73)41(69)31(21-63)83-29)60(62,7)20-36(66)61(8)28-12-17-37(58(3,4)27(28)11-15-35(61)62)88-56-50(78)48(76)43(71)34(87-56)24-82-54-52(80)53(44(72)33(23-65)85-54)90-57-51(79)47(75)42(70)32(22-64)86-57/h11,25-26,28-57,63-81H,9-10,12-24H2,1-8H3/t25-,26?,28?,29+,30-,31-,32-,33-,34-,35?,36-,37+,38-,39+,40-,41-,42-,43-,44-,45-,46+,47+,48+,49-,50-,51-,52-,53+,54-,55+,56+,57+,60-,61+,62+/m1/s1. The quantitative estimate of drug-likeness (QED) is 0.0485. The van der Waals surface area contributed by atoms with Gasteiger partial charge in [0.1, 0.15) is 116 Å². The molecule has 28 heteroatoms. The zero-order chi connectivity index (χ0) is 66.2. The third kappa shape index (κ3) is 13.0. The number of fused-ring (bicyclic) bond motifs is 5. The van der Waals surface area contributed by atoms with Gasteiger partial charge < -0.3 is 140 Å². The third-order valence-corrected chi connectivity index (χ3v) is 23.6. The summed E-state index contributed by atoms with van der Waals surface area (Å²) in [6.45, 7) is 13.4. The van der Waals surface area contributed by atoms with Crippen LogP contribution in [0.2, 0.25) is 0 Å². The van der Waals surface area contributed by atoms with Crippen LogP contribution in [0.15, 0.2) is 11.6 Å². The fraction of sp³-hybridized carbons (Fsp3) is 0.968. The molecule has 3 saturated carbocycles. The summed E-state index contributed by atoms with van der Waals surface area (Å²) in [5.41, 5.74) is -2.15. The molecule has 0 spiro atoms. The Kier molecular flexibility index (Phi) is 22.9. The maximum Gasteiger partial charge on any atom is 0.187 e. The van der Waals surface area contributed by atoms with E-state index in [2.05, 4.69) is 33.8 Å². The third-order valence-electron chi connectivity index (χ3n) is 23.6. The van der Waals surface area contributed by atoms with E-state index in [1.807, 2.05) is 13.8 Å². The maximum atomic E-state index is 12.9. The fourth-order valence-corrected chi connectivity index (χ4v) is 18.0. The van der Waals surface area contributed by atoms with Crippen molar-refractivity contribution in [2.24, 2.45) is 45.3 Å². The van der Waals surface area contributed by atoms with Crippen molar-refractivity contribution in [2.45, 2.75) is 303 Å². The van der Waals surface area contributed by atoms with Crippen molar-refractivity contribution in [3.63, 3.8) is 0 Å². The Hall–Kier alpha value is -1.38. The van der Waals surface area contributed by atoms with E-state index in [4.69, 9.17) is 42.6 Å². The first kappa shape index (κ1) is 72.9. The Morgan fingerprint density at radius 1 is 0.556 bits per heavy atom. The molecule has 19 N–H and O–H groups in total. The van der Waals surface area contributed by atoms with Crippen LogP contribution in [0.4, 0.5) is 0 Å². The molecule has 0 aromatic carbocycles. The van der Waals surface area contributed by atoms with E-state index in [1.165, 1.54) is 0 Å². The predicted molar refractivity (Wildman–Crippen MR) is 308 cm³/mol. The van der Waals surface area contributed by atoms with Gasteiger partial charge in [-0.3, -0.25) is 0 Å². The number of hydrogen-bond acceptors (Lipinski definition) is 28. The molecule has 35 atom stereocenters. The van der Waals surface area contributed by atoms with Gasteiger partial charge >= 0.3 is 0 Å². The minimum absolute atomic E-state index is 0.0340. The highest BCUT2D eigenvalue weighted by atomic mass is 16.8. The van der Waals surface area contributed by atoms with Crippen LogP contribution in [0.25, 0.3) is 0 Å². The van der Waals surface area contributed by atoms with Gasteiger partial charge in [-0.05, 0) is 119 Å². The molecule has 0 radical (unpaired) electrons. The van der Waals surface area contributed by atoms with Gasteiger partial charge in [-0.2, -0.15) is 0 Å². The Labute approximate surface area is 524 Å². The van der Waals surface area contributed by atoms with Crippen molar-refractivity contribution in [2.75, 3.05) is 26.4 Å². The normalized spacial score (nSPS) is 51.3. The largest absolute Gasteiger partial charge is 0.394 e. The highest BCUT2D eigenvalue weighted by molar-refractivity contribution is 5.32. The summed E-state index contributed by atoms with van der Waals surface area (Å²) in [7, 11) is 0. The highest BCUT2D eigenvalue weighted by Gasteiger charge is 2.71. The van der Waals surface area contributed by atoms with Gasteiger partial charge in [-0.25, -0.2) is 0 Å². The van der Waals surface area contributed by atoms with Crippen LogP contribution in [0.3, 0.4) is 0 Å². The second kappa shape index (κ2) is 28.2. The lowest BCUT2D eigenvalue weighted by atomic mass is 9.37. The van der Waals surface area contributed by atoms with Crippen LogP contribution in [-0.2, 0) is 42.6 Å². The molecule has 0 bridgehead atoms. The Bertz CT molecular complexity index is 2360. The molecule has 90 heavy (non-hydrogen) atoms.